The Morgan fingerprint density at radius 3 is 2.17 bits per heavy atom. The molecule has 4 N–H and O–H groups in total. The van der Waals surface area contributed by atoms with Crippen LogP contribution in [-0.2, 0) is 70.7 Å². The topological polar surface area (TPSA) is 292 Å². The zero-order chi connectivity index (χ0) is 72.6. The van der Waals surface area contributed by atoms with E-state index in [-0.39, 0.29) is 29.6 Å². The summed E-state index contributed by atoms with van der Waals surface area (Å²) >= 11 is 1.31. The lowest BCUT2D eigenvalue weighted by molar-refractivity contribution is -0.228. The highest BCUT2D eigenvalue weighted by Gasteiger charge is 2.81. The number of phenols is 1. The second-order valence-electron chi connectivity index (χ2n) is 28.5. The third kappa shape index (κ3) is 12.0. The normalized spacial score (nSPS) is 27.5. The molecule has 7 aromatic rings. The lowest BCUT2D eigenvalue weighted by Gasteiger charge is -2.63. The first-order valence-electron chi connectivity index (χ1n) is 34.7. The molecule has 1 amide bonds. The average Bonchev–Trinajstić information content (AvgIpc) is 1.46. The summed E-state index contributed by atoms with van der Waals surface area (Å²) in [7, 11) is -4.11. The van der Waals surface area contributed by atoms with E-state index in [0.717, 1.165) is 48.6 Å². The number of anilines is 2. The number of esters is 3. The van der Waals surface area contributed by atoms with E-state index in [1.54, 1.807) is 54.6 Å². The number of aromatic nitrogens is 1. The molecule has 1 saturated carbocycles. The van der Waals surface area contributed by atoms with E-state index in [0.29, 0.717) is 147 Å². The summed E-state index contributed by atoms with van der Waals surface area (Å²) in [5, 5.41) is 37.0. The molecular formula is C76H88N6O17S3. The molecule has 3 saturated heterocycles. The Hall–Kier alpha value is -8.21. The number of nitrogens with zero attached hydrogens (tertiary/aromatic N) is 5. The van der Waals surface area contributed by atoms with E-state index < -0.39 is 83.6 Å². The number of aromatic amines is 1. The first-order chi connectivity index (χ1) is 48.7. The van der Waals surface area contributed by atoms with Gasteiger partial charge < -0.3 is 48.9 Å². The minimum Gasteiger partial charge on any atom is -0.508 e. The van der Waals surface area contributed by atoms with Gasteiger partial charge in [-0.05, 0) is 160 Å². The summed E-state index contributed by atoms with van der Waals surface area (Å²) in [6.45, 7) is 11.8. The molecule has 542 valence electrons. The number of ether oxygens (including phenoxy) is 5. The number of H-pyrrole nitrogens is 1. The van der Waals surface area contributed by atoms with Crippen LogP contribution in [-0.4, -0.2) is 204 Å². The molecule has 10 atom stereocenters. The molecule has 5 aromatic carbocycles. The summed E-state index contributed by atoms with van der Waals surface area (Å²) in [4.78, 5) is 83.0. The molecule has 0 radical (unpaired) electrons. The van der Waals surface area contributed by atoms with E-state index in [9.17, 15) is 51.3 Å². The van der Waals surface area contributed by atoms with Crippen molar-refractivity contribution in [3.8, 4) is 27.7 Å². The van der Waals surface area contributed by atoms with Gasteiger partial charge in [0.25, 0.3) is 0 Å². The molecule has 7 aliphatic rings. The predicted octanol–water partition coefficient (Wildman–Crippen LogP) is 8.61. The van der Waals surface area contributed by atoms with Crippen molar-refractivity contribution in [1.29, 1.82) is 0 Å². The van der Waals surface area contributed by atoms with Crippen LogP contribution in [0.4, 0.5) is 11.4 Å². The number of carbonyl (C=O) groups excluding carboxylic acids is 5. The Kier molecular flexibility index (Phi) is 19.4. The van der Waals surface area contributed by atoms with Gasteiger partial charge in [-0.1, -0.05) is 62.8 Å². The van der Waals surface area contributed by atoms with Gasteiger partial charge in [-0.25, -0.2) is 21.6 Å². The lowest BCUT2D eigenvalue weighted by atomic mass is 9.47. The number of likely N-dealkylation sites (tertiary alicyclic amines) is 1. The number of para-hydroxylation sites is 1. The summed E-state index contributed by atoms with van der Waals surface area (Å²) in [6, 6.07) is 27.7. The molecule has 4 fully saturated rings. The fourth-order valence-electron chi connectivity index (χ4n) is 18.6. The Labute approximate surface area is 598 Å². The fraction of sp³-hybridized carbons (Fsp3) is 0.461. The van der Waals surface area contributed by atoms with Crippen LogP contribution >= 0.6 is 11.3 Å². The van der Waals surface area contributed by atoms with Gasteiger partial charge in [-0.15, -0.1) is 11.3 Å². The molecular weight excluding hydrogens is 1370 g/mol. The maximum absolute atomic E-state index is 15.3. The lowest BCUT2D eigenvalue weighted by Crippen LogP contribution is -2.81. The number of hydrogen-bond donors (Lipinski definition) is 4. The van der Waals surface area contributed by atoms with E-state index in [1.807, 2.05) is 50.3 Å². The van der Waals surface area contributed by atoms with Crippen LogP contribution in [0.15, 0.2) is 115 Å². The van der Waals surface area contributed by atoms with Crippen LogP contribution < -0.4 is 18.1 Å². The number of hydrogen-bond acceptors (Lipinski definition) is 21. The molecule has 5 unspecified atom stereocenters. The number of aliphatic hydroxyl groups is 2. The van der Waals surface area contributed by atoms with Crippen LogP contribution in [0.2, 0.25) is 0 Å². The number of amides is 1. The number of piperidine rings is 2. The minimum absolute atomic E-state index is 0.0359. The highest BCUT2D eigenvalue weighted by Crippen LogP contribution is 2.68. The number of carbonyl (C=O) groups is 5. The van der Waals surface area contributed by atoms with E-state index >= 15 is 4.79 Å². The largest absolute Gasteiger partial charge is 0.508 e. The SMILES string of the molecule is CC[C@]1(O)CC2CN(CCc3c([nH]c4ccccc34)[C@@](C(=O)OC)(c3cc4c(cc3OC)N(C=O)C3C45CCN4CC=C[C@@](CC)(C(OC(C)=O)[C@]3(O)C(=O)OC)[C@H]45)C2)C1.CS(=O)(=O)N(c1ccc(-c2sc3cc(O)ccc3c2C(=O)c2ccc(OCCN3CCCCC3)cc2)cc1)S(C)(=O)=O. The van der Waals surface area contributed by atoms with Crippen LogP contribution in [0.1, 0.15) is 110 Å². The van der Waals surface area contributed by atoms with E-state index in [4.69, 9.17) is 23.7 Å². The van der Waals surface area contributed by atoms with Crippen LogP contribution in [0.3, 0.4) is 0 Å². The van der Waals surface area contributed by atoms with Gasteiger partial charge in [0.1, 0.15) is 29.3 Å². The van der Waals surface area contributed by atoms with Gasteiger partial charge in [-0.2, -0.15) is 3.71 Å². The number of aromatic hydroxyl groups is 1. The van der Waals surface area contributed by atoms with Crippen LogP contribution in [0.25, 0.3) is 31.4 Å². The Bertz CT molecular complexity index is 4680. The zero-order valence-corrected chi connectivity index (χ0v) is 61.1. The molecule has 1 spiro atoms. The molecule has 102 heavy (non-hydrogen) atoms. The standard InChI is InChI=1S/C46H56N4O10.C30H32N2O7S3/c1-7-42(55)22-28-23-45(40(53)58-5,36-30(14-18-48(24-28)25-42)29-12-9-10-13-33(29)47-36)32-20-31-34(21-35(32)57-4)50(26-51)38-44(31)16-19-49-17-11-15-43(8-2,37(44)49)39(60-27(3)52)46(38,56)41(54)59-6;1-41(35,36)32(42(2,37)38)23-10-6-22(7-11-23)30-28(26-15-12-24(33)20-27(26)40-30)29(34)21-8-13-25(14-9-21)39-19-18-31-16-4-3-5-17-31/h9-13,15,20-21,26,28,37-39,47,55-56H,7-8,14,16-19,22-25H2,1-6H3;6-15,20,33H,3-5,16-19H2,1-2H3/t28?,37-,38?,39?,42-,43+,44?,45-,46-;/m0./s1. The van der Waals surface area contributed by atoms with Crippen molar-refractivity contribution in [3.63, 3.8) is 0 Å². The predicted molar refractivity (Wildman–Crippen MR) is 387 cm³/mol. The molecule has 26 heteroatoms. The number of rotatable bonds is 18. The Balaban J connectivity index is 0.000000194. The van der Waals surface area contributed by atoms with Gasteiger partial charge in [0, 0.05) is 111 Å². The highest BCUT2D eigenvalue weighted by atomic mass is 32.3. The van der Waals surface area contributed by atoms with Crippen molar-refractivity contribution in [3.05, 3.63) is 149 Å². The number of methoxy groups -OCH3 is 3. The van der Waals surface area contributed by atoms with Crippen LogP contribution in [0.5, 0.6) is 17.2 Å². The molecule has 2 aromatic heterocycles. The average molecular weight is 1450 g/mol. The monoisotopic (exact) mass is 1450 g/mol. The second kappa shape index (κ2) is 27.4. The molecule has 8 heterocycles. The quantitative estimate of drug-likeness (QED) is 0.0205. The maximum atomic E-state index is 15.3. The maximum Gasteiger partial charge on any atom is 0.344 e. The third-order valence-electron chi connectivity index (χ3n) is 22.6. The number of phenolic OH excluding ortho intramolecular Hbond substituents is 1. The Morgan fingerprint density at radius 1 is 0.794 bits per heavy atom. The molecule has 23 nitrogen and oxygen atoms in total. The van der Waals surface area contributed by atoms with Crippen molar-refractivity contribution >= 4 is 93.8 Å². The third-order valence-corrected chi connectivity index (χ3v) is 27.0. The van der Waals surface area contributed by atoms with E-state index in [2.05, 4.69) is 25.8 Å². The number of thiophene rings is 1. The molecule has 6 aliphatic heterocycles. The first kappa shape index (κ1) is 72.2. The molecule has 2 bridgehead atoms. The van der Waals surface area contributed by atoms with Crippen LogP contribution in [0, 0.1) is 11.3 Å². The Morgan fingerprint density at radius 2 is 1.51 bits per heavy atom. The number of sulfonamides is 2. The van der Waals surface area contributed by atoms with E-state index in [1.165, 1.54) is 82.0 Å². The van der Waals surface area contributed by atoms with Gasteiger partial charge in [0.2, 0.25) is 32.1 Å². The summed E-state index contributed by atoms with van der Waals surface area (Å²) < 4.78 is 79.5. The van der Waals surface area contributed by atoms with Crippen molar-refractivity contribution in [2.24, 2.45) is 11.3 Å². The molecule has 1 aliphatic carbocycles. The smallest absolute Gasteiger partial charge is 0.344 e. The highest BCUT2D eigenvalue weighted by molar-refractivity contribution is 8.09. The van der Waals surface area contributed by atoms with Crippen molar-refractivity contribution in [1.82, 2.24) is 19.7 Å². The molecule has 14 rings (SSSR count). The number of fused-ring (bicyclic) bond motifs is 7. The summed E-state index contributed by atoms with van der Waals surface area (Å²) in [5.74, 6) is -1.54. The number of nitrogens with one attached hydrogen (secondary N) is 1. The minimum atomic E-state index is -4.10. The van der Waals surface area contributed by atoms with Gasteiger partial charge in [-0.3, -0.25) is 33.9 Å². The fourth-order valence-corrected chi connectivity index (χ4v) is 22.8. The first-order valence-corrected chi connectivity index (χ1v) is 39.3. The second-order valence-corrected chi connectivity index (χ2v) is 33.4. The summed E-state index contributed by atoms with van der Waals surface area (Å²) in [5.41, 5.74) is -1.69. The number of benzene rings is 5. The number of ketones is 1. The zero-order valence-electron chi connectivity index (χ0n) is 58.6. The van der Waals surface area contributed by atoms with Gasteiger partial charge in [0.15, 0.2) is 11.9 Å². The van der Waals surface area contributed by atoms with Crippen molar-refractivity contribution in [2.75, 3.05) is 101 Å². The van der Waals surface area contributed by atoms with Gasteiger partial charge >= 0.3 is 17.9 Å². The van der Waals surface area contributed by atoms with Crippen molar-refractivity contribution in [2.45, 2.75) is 119 Å². The van der Waals surface area contributed by atoms with Crippen molar-refractivity contribution < 1.29 is 79.8 Å². The van der Waals surface area contributed by atoms with Gasteiger partial charge in [0.05, 0.1) is 56.9 Å². The summed E-state index contributed by atoms with van der Waals surface area (Å²) in [6.07, 6.45) is 11.2.